The standard InChI is InChI=1S/C25H21FN4O3/c26-20-7-9-21(10-8-20)30-16-19(6-11-22(30)31)25(32)29-14-12-18(13-15-29)24-27-23(28-33-24)17-4-2-1-3-5-17/h1-11,16,18H,12-15H2. The Morgan fingerprint density at radius 1 is 0.970 bits per heavy atom. The summed E-state index contributed by atoms with van der Waals surface area (Å²) < 4.78 is 20.1. The first kappa shape index (κ1) is 20.8. The Kier molecular flexibility index (Phi) is 5.56. The van der Waals surface area contributed by atoms with Gasteiger partial charge in [-0.25, -0.2) is 4.39 Å². The summed E-state index contributed by atoms with van der Waals surface area (Å²) in [6.07, 6.45) is 2.92. The van der Waals surface area contributed by atoms with Gasteiger partial charge in [0, 0.05) is 42.5 Å². The lowest BCUT2D eigenvalue weighted by Crippen LogP contribution is -2.38. The number of halogens is 1. The summed E-state index contributed by atoms with van der Waals surface area (Å²) in [7, 11) is 0. The molecule has 1 aliphatic rings. The molecule has 0 atom stereocenters. The predicted octanol–water partition coefficient (Wildman–Crippen LogP) is 4.05. The summed E-state index contributed by atoms with van der Waals surface area (Å²) in [6, 6.07) is 18.1. The molecule has 1 amide bonds. The first-order valence-electron chi connectivity index (χ1n) is 10.8. The second-order valence-corrected chi connectivity index (χ2v) is 7.99. The summed E-state index contributed by atoms with van der Waals surface area (Å²) in [5.74, 6) is 0.698. The first-order valence-corrected chi connectivity index (χ1v) is 10.8. The van der Waals surface area contributed by atoms with Crippen LogP contribution in [0.1, 0.15) is 35.0 Å². The molecular weight excluding hydrogens is 423 g/mol. The molecule has 2 aromatic carbocycles. The highest BCUT2D eigenvalue weighted by molar-refractivity contribution is 5.94. The summed E-state index contributed by atoms with van der Waals surface area (Å²) in [5.41, 5.74) is 1.51. The lowest BCUT2D eigenvalue weighted by Gasteiger charge is -2.30. The molecule has 1 fully saturated rings. The van der Waals surface area contributed by atoms with Crippen molar-refractivity contribution in [2.24, 2.45) is 0 Å². The number of piperidine rings is 1. The molecule has 33 heavy (non-hydrogen) atoms. The summed E-state index contributed by atoms with van der Waals surface area (Å²) in [4.78, 5) is 31.7. The Balaban J connectivity index is 1.27. The molecule has 0 aliphatic carbocycles. The van der Waals surface area contributed by atoms with Crippen LogP contribution in [-0.2, 0) is 0 Å². The monoisotopic (exact) mass is 444 g/mol. The molecule has 8 heteroatoms. The minimum atomic E-state index is -0.390. The number of carbonyl (C=O) groups excluding carboxylic acids is 1. The third-order valence-electron chi connectivity index (χ3n) is 5.87. The molecule has 7 nitrogen and oxygen atoms in total. The van der Waals surface area contributed by atoms with Gasteiger partial charge >= 0.3 is 0 Å². The fourth-order valence-electron chi connectivity index (χ4n) is 4.03. The normalized spacial score (nSPS) is 14.4. The van der Waals surface area contributed by atoms with E-state index >= 15 is 0 Å². The van der Waals surface area contributed by atoms with Crippen molar-refractivity contribution in [2.75, 3.05) is 13.1 Å². The number of likely N-dealkylation sites (tertiary alicyclic amines) is 1. The molecule has 0 spiro atoms. The number of hydrogen-bond acceptors (Lipinski definition) is 5. The topological polar surface area (TPSA) is 81.2 Å². The van der Waals surface area contributed by atoms with E-state index in [1.54, 1.807) is 4.90 Å². The van der Waals surface area contributed by atoms with Gasteiger partial charge in [0.2, 0.25) is 11.7 Å². The van der Waals surface area contributed by atoms with Crippen molar-refractivity contribution < 1.29 is 13.7 Å². The lowest BCUT2D eigenvalue weighted by atomic mass is 9.96. The van der Waals surface area contributed by atoms with Gasteiger partial charge in [-0.1, -0.05) is 35.5 Å². The van der Waals surface area contributed by atoms with Crippen LogP contribution in [0.3, 0.4) is 0 Å². The molecule has 5 rings (SSSR count). The van der Waals surface area contributed by atoms with Gasteiger partial charge in [-0.2, -0.15) is 4.98 Å². The van der Waals surface area contributed by atoms with E-state index in [1.165, 1.54) is 47.2 Å². The van der Waals surface area contributed by atoms with Gasteiger partial charge in [0.15, 0.2) is 0 Å². The number of hydrogen-bond donors (Lipinski definition) is 0. The van der Waals surface area contributed by atoms with Crippen LogP contribution in [0.15, 0.2) is 82.2 Å². The van der Waals surface area contributed by atoms with E-state index in [4.69, 9.17) is 4.52 Å². The van der Waals surface area contributed by atoms with Gasteiger partial charge in [-0.3, -0.25) is 14.2 Å². The van der Waals surface area contributed by atoms with Crippen molar-refractivity contribution in [1.29, 1.82) is 0 Å². The van der Waals surface area contributed by atoms with Crippen molar-refractivity contribution in [3.05, 3.63) is 101 Å². The van der Waals surface area contributed by atoms with E-state index in [9.17, 15) is 14.0 Å². The highest BCUT2D eigenvalue weighted by atomic mass is 19.1. The molecule has 0 unspecified atom stereocenters. The van der Waals surface area contributed by atoms with Crippen molar-refractivity contribution in [3.63, 3.8) is 0 Å². The Bertz CT molecular complexity index is 1320. The molecule has 4 aromatic rings. The van der Waals surface area contributed by atoms with Gasteiger partial charge < -0.3 is 9.42 Å². The number of rotatable bonds is 4. The number of benzene rings is 2. The largest absolute Gasteiger partial charge is 0.339 e. The molecule has 1 aliphatic heterocycles. The molecule has 0 N–H and O–H groups in total. The van der Waals surface area contributed by atoms with Crippen LogP contribution in [0.25, 0.3) is 17.1 Å². The minimum absolute atomic E-state index is 0.0900. The maximum atomic E-state index is 13.2. The zero-order valence-electron chi connectivity index (χ0n) is 17.7. The number of aromatic nitrogens is 3. The van der Waals surface area contributed by atoms with E-state index < -0.39 is 0 Å². The number of amides is 1. The van der Waals surface area contributed by atoms with Crippen LogP contribution >= 0.6 is 0 Å². The highest BCUT2D eigenvalue weighted by Crippen LogP contribution is 2.29. The Hall–Kier alpha value is -4.07. The molecule has 166 valence electrons. The van der Waals surface area contributed by atoms with Gasteiger partial charge in [-0.15, -0.1) is 0 Å². The zero-order chi connectivity index (χ0) is 22.8. The Morgan fingerprint density at radius 2 is 1.70 bits per heavy atom. The summed E-state index contributed by atoms with van der Waals surface area (Å²) >= 11 is 0. The average Bonchev–Trinajstić information content (AvgIpc) is 3.36. The summed E-state index contributed by atoms with van der Waals surface area (Å²) in [5, 5.41) is 4.09. The van der Waals surface area contributed by atoms with Crippen molar-refractivity contribution in [3.8, 4) is 17.1 Å². The molecule has 2 aromatic heterocycles. The molecule has 0 saturated carbocycles. The van der Waals surface area contributed by atoms with Crippen LogP contribution in [0.5, 0.6) is 0 Å². The molecule has 1 saturated heterocycles. The van der Waals surface area contributed by atoms with E-state index in [0.717, 1.165) is 5.56 Å². The maximum absolute atomic E-state index is 13.2. The third-order valence-corrected chi connectivity index (χ3v) is 5.87. The Morgan fingerprint density at radius 3 is 2.42 bits per heavy atom. The third kappa shape index (κ3) is 4.32. The smallest absolute Gasteiger partial charge is 0.255 e. The Labute approximate surface area is 189 Å². The number of carbonyl (C=O) groups is 1. The van der Waals surface area contributed by atoms with Gasteiger partial charge in [0.1, 0.15) is 5.82 Å². The fraction of sp³-hybridized carbons (Fsp3) is 0.200. The lowest BCUT2D eigenvalue weighted by molar-refractivity contribution is 0.0704. The van der Waals surface area contributed by atoms with Crippen molar-refractivity contribution in [2.45, 2.75) is 18.8 Å². The molecule has 0 bridgehead atoms. The second kappa shape index (κ2) is 8.82. The predicted molar refractivity (Wildman–Crippen MR) is 120 cm³/mol. The zero-order valence-corrected chi connectivity index (χ0v) is 17.7. The average molecular weight is 444 g/mol. The van der Waals surface area contributed by atoms with Gasteiger partial charge in [-0.05, 0) is 43.2 Å². The van der Waals surface area contributed by atoms with Crippen LogP contribution in [0, 0.1) is 5.82 Å². The minimum Gasteiger partial charge on any atom is -0.339 e. The van der Waals surface area contributed by atoms with E-state index in [-0.39, 0.29) is 23.2 Å². The quantitative estimate of drug-likeness (QED) is 0.474. The van der Waals surface area contributed by atoms with Gasteiger partial charge in [0.05, 0.1) is 5.56 Å². The van der Waals surface area contributed by atoms with Crippen molar-refractivity contribution >= 4 is 5.91 Å². The van der Waals surface area contributed by atoms with Crippen molar-refractivity contribution in [1.82, 2.24) is 19.6 Å². The number of nitrogens with zero attached hydrogens (tertiary/aromatic N) is 4. The molecule has 0 radical (unpaired) electrons. The van der Waals surface area contributed by atoms with Gasteiger partial charge in [0.25, 0.3) is 11.5 Å². The number of pyridine rings is 1. The maximum Gasteiger partial charge on any atom is 0.255 e. The molecular formula is C25H21FN4O3. The van der Waals surface area contributed by atoms with E-state index in [1.807, 2.05) is 30.3 Å². The summed E-state index contributed by atoms with van der Waals surface area (Å²) in [6.45, 7) is 1.09. The molecule has 3 heterocycles. The highest BCUT2D eigenvalue weighted by Gasteiger charge is 2.28. The van der Waals surface area contributed by atoms with Crippen LogP contribution in [0.2, 0.25) is 0 Å². The van der Waals surface area contributed by atoms with E-state index in [0.29, 0.717) is 48.9 Å². The van der Waals surface area contributed by atoms with Crippen LogP contribution < -0.4 is 5.56 Å². The van der Waals surface area contributed by atoms with Crippen LogP contribution in [0.4, 0.5) is 4.39 Å². The fourth-order valence-corrected chi connectivity index (χ4v) is 4.03. The van der Waals surface area contributed by atoms with E-state index in [2.05, 4.69) is 10.1 Å². The second-order valence-electron chi connectivity index (χ2n) is 7.99. The first-order chi connectivity index (χ1) is 16.1. The SMILES string of the molecule is O=C(c1ccc(=O)n(-c2ccc(F)cc2)c1)N1CCC(c2nc(-c3ccccc3)no2)CC1. The van der Waals surface area contributed by atoms with Crippen LogP contribution in [-0.4, -0.2) is 38.6 Å².